The Kier molecular flexibility index (Phi) is 4.99. The molecule has 0 unspecified atom stereocenters. The van der Waals surface area contributed by atoms with Crippen LogP contribution in [0.4, 0.5) is 11.4 Å². The van der Waals surface area contributed by atoms with Crippen LogP contribution in [0.2, 0.25) is 0 Å². The van der Waals surface area contributed by atoms with E-state index in [2.05, 4.69) is 10.6 Å². The number of anilines is 1. The Bertz CT molecular complexity index is 1040. The second-order valence-corrected chi connectivity index (χ2v) is 7.67. The average molecular weight is 406 g/mol. The zero-order chi connectivity index (χ0) is 21.3. The molecule has 2 aliphatic heterocycles. The van der Waals surface area contributed by atoms with Crippen LogP contribution in [0, 0.1) is 17.0 Å². The number of nitro groups is 1. The predicted molar refractivity (Wildman–Crippen MR) is 113 cm³/mol. The number of rotatable bonds is 3. The van der Waals surface area contributed by atoms with Crippen molar-refractivity contribution in [3.8, 4) is 0 Å². The van der Waals surface area contributed by atoms with Crippen molar-refractivity contribution in [3.63, 3.8) is 0 Å². The topological polar surface area (TPSA) is 105 Å². The molecular formula is C22H22N4O4. The molecule has 2 aromatic rings. The van der Waals surface area contributed by atoms with Gasteiger partial charge in [0, 0.05) is 49.8 Å². The number of likely N-dealkylation sites (tertiary alicyclic amines) is 1. The van der Waals surface area contributed by atoms with Gasteiger partial charge in [0.1, 0.15) is 5.66 Å². The maximum Gasteiger partial charge on any atom is 0.269 e. The molecule has 1 saturated heterocycles. The van der Waals surface area contributed by atoms with Gasteiger partial charge in [0.15, 0.2) is 0 Å². The Hall–Kier alpha value is -3.68. The molecule has 0 atom stereocenters. The lowest BCUT2D eigenvalue weighted by molar-refractivity contribution is -0.384. The van der Waals surface area contributed by atoms with E-state index < -0.39 is 10.6 Å². The smallest absolute Gasteiger partial charge is 0.269 e. The number of carbonyl (C=O) groups excluding carboxylic acids is 2. The van der Waals surface area contributed by atoms with E-state index in [1.807, 2.05) is 25.1 Å². The van der Waals surface area contributed by atoms with Crippen molar-refractivity contribution in [1.29, 1.82) is 0 Å². The molecule has 0 radical (unpaired) electrons. The standard InChI is InChI=1S/C22H22N4O4/c1-15-3-2-4-18-20(15)21(28)24-22(23-18)11-13-25(14-12-22)19(27)10-7-16-5-8-17(9-6-16)26(29)30/h2-10,23H,11-14H2,1H3,(H,24,28)/b10-7+. The van der Waals surface area contributed by atoms with Crippen molar-refractivity contribution < 1.29 is 14.5 Å². The van der Waals surface area contributed by atoms with Gasteiger partial charge < -0.3 is 15.5 Å². The molecular weight excluding hydrogens is 384 g/mol. The fourth-order valence-corrected chi connectivity index (χ4v) is 3.98. The van der Waals surface area contributed by atoms with Crippen molar-refractivity contribution in [2.24, 2.45) is 0 Å². The number of nitro benzene ring substituents is 1. The molecule has 2 N–H and O–H groups in total. The first-order chi connectivity index (χ1) is 14.4. The molecule has 154 valence electrons. The zero-order valence-corrected chi connectivity index (χ0v) is 16.6. The lowest BCUT2D eigenvalue weighted by Crippen LogP contribution is -2.62. The number of hydrogen-bond donors (Lipinski definition) is 2. The molecule has 1 fully saturated rings. The van der Waals surface area contributed by atoms with Gasteiger partial charge >= 0.3 is 0 Å². The molecule has 2 aromatic carbocycles. The molecule has 2 heterocycles. The predicted octanol–water partition coefficient (Wildman–Crippen LogP) is 3.09. The van der Waals surface area contributed by atoms with Crippen LogP contribution in [-0.2, 0) is 4.79 Å². The number of nitrogens with zero attached hydrogens (tertiary/aromatic N) is 2. The molecule has 0 saturated carbocycles. The van der Waals surface area contributed by atoms with Gasteiger partial charge in [-0.3, -0.25) is 19.7 Å². The second kappa shape index (κ2) is 7.62. The van der Waals surface area contributed by atoms with E-state index in [-0.39, 0.29) is 17.5 Å². The highest BCUT2D eigenvalue weighted by atomic mass is 16.6. The van der Waals surface area contributed by atoms with Gasteiger partial charge in [0.05, 0.1) is 10.5 Å². The fourth-order valence-electron chi connectivity index (χ4n) is 3.98. The summed E-state index contributed by atoms with van der Waals surface area (Å²) in [6.07, 6.45) is 4.33. The van der Waals surface area contributed by atoms with Crippen LogP contribution in [0.3, 0.4) is 0 Å². The number of amides is 2. The van der Waals surface area contributed by atoms with E-state index >= 15 is 0 Å². The number of carbonyl (C=O) groups is 2. The van der Waals surface area contributed by atoms with Gasteiger partial charge in [-0.1, -0.05) is 12.1 Å². The SMILES string of the molecule is Cc1cccc2c1C(=O)NC1(CCN(C(=O)/C=C/c3ccc([N+](=O)[O-])cc3)CC1)N2. The molecule has 0 aliphatic carbocycles. The van der Waals surface area contributed by atoms with E-state index in [0.717, 1.165) is 16.8 Å². The molecule has 1 spiro atoms. The van der Waals surface area contributed by atoms with Crippen LogP contribution in [-0.4, -0.2) is 40.4 Å². The van der Waals surface area contributed by atoms with Gasteiger partial charge in [-0.25, -0.2) is 0 Å². The summed E-state index contributed by atoms with van der Waals surface area (Å²) in [6, 6.07) is 11.8. The highest BCUT2D eigenvalue weighted by Gasteiger charge is 2.41. The zero-order valence-electron chi connectivity index (χ0n) is 16.6. The minimum absolute atomic E-state index is 0.0126. The van der Waals surface area contributed by atoms with Crippen LogP contribution in [0.25, 0.3) is 6.08 Å². The Morgan fingerprint density at radius 3 is 2.50 bits per heavy atom. The average Bonchev–Trinajstić information content (AvgIpc) is 2.72. The van der Waals surface area contributed by atoms with Crippen LogP contribution in [0.1, 0.15) is 34.3 Å². The maximum absolute atomic E-state index is 12.6. The van der Waals surface area contributed by atoms with Crippen molar-refractivity contribution in [1.82, 2.24) is 10.2 Å². The molecule has 30 heavy (non-hydrogen) atoms. The quantitative estimate of drug-likeness (QED) is 0.463. The summed E-state index contributed by atoms with van der Waals surface area (Å²) in [7, 11) is 0. The van der Waals surface area contributed by atoms with Crippen LogP contribution >= 0.6 is 0 Å². The summed E-state index contributed by atoms with van der Waals surface area (Å²) in [5, 5.41) is 17.3. The van der Waals surface area contributed by atoms with Crippen molar-refractivity contribution in [3.05, 3.63) is 75.3 Å². The Morgan fingerprint density at radius 1 is 1.13 bits per heavy atom. The van der Waals surface area contributed by atoms with Gasteiger partial charge in [0.25, 0.3) is 11.6 Å². The molecule has 2 aliphatic rings. The number of piperidine rings is 1. The summed E-state index contributed by atoms with van der Waals surface area (Å²) in [6.45, 7) is 2.94. The van der Waals surface area contributed by atoms with Crippen LogP contribution in [0.5, 0.6) is 0 Å². The van der Waals surface area contributed by atoms with Gasteiger partial charge in [-0.15, -0.1) is 0 Å². The summed E-state index contributed by atoms with van der Waals surface area (Å²) in [4.78, 5) is 37.2. The van der Waals surface area contributed by atoms with Gasteiger partial charge in [-0.05, 0) is 42.3 Å². The van der Waals surface area contributed by atoms with Gasteiger partial charge in [-0.2, -0.15) is 0 Å². The van der Waals surface area contributed by atoms with E-state index in [1.54, 1.807) is 23.1 Å². The van der Waals surface area contributed by atoms with E-state index in [9.17, 15) is 19.7 Å². The first-order valence-electron chi connectivity index (χ1n) is 9.79. The highest BCUT2D eigenvalue weighted by Crippen LogP contribution is 2.32. The first-order valence-corrected chi connectivity index (χ1v) is 9.79. The number of non-ortho nitro benzene ring substituents is 1. The van der Waals surface area contributed by atoms with Crippen molar-refractivity contribution in [2.45, 2.75) is 25.4 Å². The fraction of sp³-hybridized carbons (Fsp3) is 0.273. The summed E-state index contributed by atoms with van der Waals surface area (Å²) < 4.78 is 0. The molecule has 4 rings (SSSR count). The maximum atomic E-state index is 12.6. The second-order valence-electron chi connectivity index (χ2n) is 7.67. The van der Waals surface area contributed by atoms with Gasteiger partial charge in [0.2, 0.25) is 5.91 Å². The third-order valence-corrected chi connectivity index (χ3v) is 5.68. The summed E-state index contributed by atoms with van der Waals surface area (Å²) in [5.74, 6) is -0.207. The Morgan fingerprint density at radius 2 is 1.83 bits per heavy atom. The first kappa shape index (κ1) is 19.6. The van der Waals surface area contributed by atoms with E-state index in [0.29, 0.717) is 31.5 Å². The summed E-state index contributed by atoms with van der Waals surface area (Å²) in [5.41, 5.74) is 2.62. The normalized spacial score (nSPS) is 17.4. The summed E-state index contributed by atoms with van der Waals surface area (Å²) >= 11 is 0. The third-order valence-electron chi connectivity index (χ3n) is 5.68. The number of benzene rings is 2. The molecule has 0 aromatic heterocycles. The van der Waals surface area contributed by atoms with Crippen molar-refractivity contribution >= 4 is 29.3 Å². The number of aryl methyl sites for hydroxylation is 1. The van der Waals surface area contributed by atoms with E-state index in [4.69, 9.17) is 0 Å². The Labute approximate surface area is 173 Å². The lowest BCUT2D eigenvalue weighted by Gasteiger charge is -2.46. The molecule has 0 bridgehead atoms. The monoisotopic (exact) mass is 406 g/mol. The number of nitrogens with one attached hydrogen (secondary N) is 2. The largest absolute Gasteiger partial charge is 0.362 e. The molecule has 2 amide bonds. The minimum atomic E-state index is -0.545. The molecule has 8 nitrogen and oxygen atoms in total. The lowest BCUT2D eigenvalue weighted by atomic mass is 9.91. The van der Waals surface area contributed by atoms with Crippen LogP contribution in [0.15, 0.2) is 48.5 Å². The third kappa shape index (κ3) is 3.76. The van der Waals surface area contributed by atoms with Crippen molar-refractivity contribution in [2.75, 3.05) is 18.4 Å². The highest BCUT2D eigenvalue weighted by molar-refractivity contribution is 6.03. The Balaban J connectivity index is 1.39. The van der Waals surface area contributed by atoms with E-state index in [1.165, 1.54) is 18.2 Å². The molecule has 8 heteroatoms. The number of hydrogen-bond acceptors (Lipinski definition) is 5. The number of fused-ring (bicyclic) bond motifs is 1. The van der Waals surface area contributed by atoms with Crippen LogP contribution < -0.4 is 10.6 Å². The minimum Gasteiger partial charge on any atom is -0.362 e.